The highest BCUT2D eigenvalue weighted by molar-refractivity contribution is 7.90. The second-order valence-corrected chi connectivity index (χ2v) is 6.56. The van der Waals surface area contributed by atoms with E-state index in [2.05, 4.69) is 4.98 Å². The van der Waals surface area contributed by atoms with Gasteiger partial charge in [-0.2, -0.15) is 0 Å². The Balaban J connectivity index is 2.44. The summed E-state index contributed by atoms with van der Waals surface area (Å²) in [7, 11) is -3.48. The molecule has 2 rings (SSSR count). The van der Waals surface area contributed by atoms with Gasteiger partial charge in [0.05, 0.1) is 15.7 Å². The first-order chi connectivity index (χ1) is 8.92. The van der Waals surface area contributed by atoms with Gasteiger partial charge in [0.25, 0.3) is 0 Å². The zero-order chi connectivity index (χ0) is 14.0. The summed E-state index contributed by atoms with van der Waals surface area (Å²) in [5.74, 6) is -0.168. The molecule has 0 saturated heterocycles. The van der Waals surface area contributed by atoms with E-state index in [4.69, 9.17) is 17.3 Å². The SMILES string of the molecule is Cc1c(N)cccc1S(=O)(=O)Cc1ccncc1Cl. The number of halogens is 1. The summed E-state index contributed by atoms with van der Waals surface area (Å²) in [5, 5.41) is 0.340. The van der Waals surface area contributed by atoms with Crippen LogP contribution in [0.4, 0.5) is 5.69 Å². The molecule has 1 heterocycles. The lowest BCUT2D eigenvalue weighted by molar-refractivity contribution is 0.594. The minimum Gasteiger partial charge on any atom is -0.398 e. The van der Waals surface area contributed by atoms with Gasteiger partial charge in [-0.05, 0) is 36.2 Å². The van der Waals surface area contributed by atoms with Crippen LogP contribution in [-0.2, 0) is 15.6 Å². The lowest BCUT2D eigenvalue weighted by Crippen LogP contribution is -2.08. The fourth-order valence-electron chi connectivity index (χ4n) is 1.77. The monoisotopic (exact) mass is 296 g/mol. The van der Waals surface area contributed by atoms with Crippen LogP contribution in [-0.4, -0.2) is 13.4 Å². The molecule has 0 aliphatic rings. The molecule has 0 bridgehead atoms. The molecule has 0 spiro atoms. The van der Waals surface area contributed by atoms with Crippen molar-refractivity contribution in [2.75, 3.05) is 5.73 Å². The molecule has 0 unspecified atom stereocenters. The van der Waals surface area contributed by atoms with Crippen molar-refractivity contribution in [3.8, 4) is 0 Å². The molecule has 19 heavy (non-hydrogen) atoms. The number of pyridine rings is 1. The van der Waals surface area contributed by atoms with Crippen LogP contribution in [0.5, 0.6) is 0 Å². The first-order valence-corrected chi connectivity index (χ1v) is 7.61. The molecule has 0 radical (unpaired) electrons. The van der Waals surface area contributed by atoms with E-state index in [1.54, 1.807) is 31.2 Å². The molecule has 0 amide bonds. The van der Waals surface area contributed by atoms with Crippen molar-refractivity contribution in [1.82, 2.24) is 4.98 Å². The lowest BCUT2D eigenvalue weighted by atomic mass is 10.2. The molecular formula is C13H13ClN2O2S. The van der Waals surface area contributed by atoms with Gasteiger partial charge in [-0.15, -0.1) is 0 Å². The lowest BCUT2D eigenvalue weighted by Gasteiger charge is -2.10. The van der Waals surface area contributed by atoms with Gasteiger partial charge in [0.15, 0.2) is 9.84 Å². The Labute approximate surface area is 117 Å². The molecule has 0 saturated carbocycles. The molecule has 0 atom stereocenters. The number of anilines is 1. The molecule has 4 nitrogen and oxygen atoms in total. The van der Waals surface area contributed by atoms with Crippen molar-refractivity contribution in [1.29, 1.82) is 0 Å². The molecule has 2 aromatic rings. The van der Waals surface area contributed by atoms with E-state index in [1.807, 2.05) is 0 Å². The summed E-state index contributed by atoms with van der Waals surface area (Å²) in [5.41, 5.74) is 7.29. The van der Waals surface area contributed by atoms with E-state index in [0.29, 0.717) is 21.8 Å². The third-order valence-corrected chi connectivity index (χ3v) is 5.01. The Morgan fingerprint density at radius 1 is 1.32 bits per heavy atom. The molecule has 0 aliphatic heterocycles. The highest BCUT2D eigenvalue weighted by Crippen LogP contribution is 2.25. The highest BCUT2D eigenvalue weighted by atomic mass is 35.5. The molecule has 1 aromatic heterocycles. The van der Waals surface area contributed by atoms with Crippen LogP contribution in [0.1, 0.15) is 11.1 Å². The fourth-order valence-corrected chi connectivity index (χ4v) is 3.72. The van der Waals surface area contributed by atoms with Crippen LogP contribution < -0.4 is 5.73 Å². The summed E-state index contributed by atoms with van der Waals surface area (Å²) in [6.45, 7) is 1.69. The van der Waals surface area contributed by atoms with Gasteiger partial charge in [-0.25, -0.2) is 8.42 Å². The first kappa shape index (κ1) is 13.8. The van der Waals surface area contributed by atoms with E-state index in [-0.39, 0.29) is 10.6 Å². The van der Waals surface area contributed by atoms with Crippen molar-refractivity contribution in [3.05, 3.63) is 52.8 Å². The van der Waals surface area contributed by atoms with E-state index in [0.717, 1.165) is 0 Å². The Morgan fingerprint density at radius 2 is 2.05 bits per heavy atom. The predicted molar refractivity (Wildman–Crippen MR) is 75.7 cm³/mol. The number of aromatic nitrogens is 1. The van der Waals surface area contributed by atoms with E-state index in [1.165, 1.54) is 12.4 Å². The average Bonchev–Trinajstić information content (AvgIpc) is 2.35. The van der Waals surface area contributed by atoms with Gasteiger partial charge >= 0.3 is 0 Å². The van der Waals surface area contributed by atoms with Gasteiger partial charge in [-0.3, -0.25) is 4.98 Å². The molecule has 1 aromatic carbocycles. The average molecular weight is 297 g/mol. The summed E-state index contributed by atoms with van der Waals surface area (Å²) >= 11 is 5.94. The van der Waals surface area contributed by atoms with E-state index >= 15 is 0 Å². The van der Waals surface area contributed by atoms with Crippen molar-refractivity contribution >= 4 is 27.1 Å². The fraction of sp³-hybridized carbons (Fsp3) is 0.154. The summed E-state index contributed by atoms with van der Waals surface area (Å²) in [6.07, 6.45) is 2.95. The van der Waals surface area contributed by atoms with Crippen molar-refractivity contribution in [3.63, 3.8) is 0 Å². The normalized spacial score (nSPS) is 11.5. The van der Waals surface area contributed by atoms with Crippen molar-refractivity contribution < 1.29 is 8.42 Å². The minimum absolute atomic E-state index is 0.168. The van der Waals surface area contributed by atoms with Crippen LogP contribution >= 0.6 is 11.6 Å². The summed E-state index contributed by atoms with van der Waals surface area (Å²) in [6, 6.07) is 6.45. The molecular weight excluding hydrogens is 284 g/mol. The molecule has 0 fully saturated rings. The number of benzene rings is 1. The first-order valence-electron chi connectivity index (χ1n) is 5.58. The smallest absolute Gasteiger partial charge is 0.182 e. The zero-order valence-corrected chi connectivity index (χ0v) is 11.9. The van der Waals surface area contributed by atoms with Gasteiger partial charge in [-0.1, -0.05) is 17.7 Å². The molecule has 6 heteroatoms. The second kappa shape index (κ2) is 5.19. The number of hydrogen-bond acceptors (Lipinski definition) is 4. The van der Waals surface area contributed by atoms with Gasteiger partial charge in [0.1, 0.15) is 0 Å². The Bertz CT molecular complexity index is 714. The van der Waals surface area contributed by atoms with Crippen LogP contribution in [0.2, 0.25) is 5.02 Å². The minimum atomic E-state index is -3.48. The highest BCUT2D eigenvalue weighted by Gasteiger charge is 2.20. The number of nitrogens with zero attached hydrogens (tertiary/aromatic N) is 1. The number of nitrogen functional groups attached to an aromatic ring is 1. The Hall–Kier alpha value is -1.59. The van der Waals surface area contributed by atoms with Gasteiger partial charge in [0.2, 0.25) is 0 Å². The third kappa shape index (κ3) is 2.88. The van der Waals surface area contributed by atoms with Crippen molar-refractivity contribution in [2.24, 2.45) is 0 Å². The van der Waals surface area contributed by atoms with E-state index in [9.17, 15) is 8.42 Å². The maximum atomic E-state index is 12.4. The van der Waals surface area contributed by atoms with Crippen molar-refractivity contribution in [2.45, 2.75) is 17.6 Å². The zero-order valence-electron chi connectivity index (χ0n) is 10.3. The van der Waals surface area contributed by atoms with Crippen LogP contribution in [0.3, 0.4) is 0 Å². The molecule has 100 valence electrons. The largest absolute Gasteiger partial charge is 0.398 e. The van der Waals surface area contributed by atoms with Gasteiger partial charge < -0.3 is 5.73 Å². The molecule has 2 N–H and O–H groups in total. The summed E-state index contributed by atoms with van der Waals surface area (Å²) in [4.78, 5) is 4.07. The summed E-state index contributed by atoms with van der Waals surface area (Å²) < 4.78 is 24.8. The predicted octanol–water partition coefficient (Wildman–Crippen LogP) is 2.60. The van der Waals surface area contributed by atoms with Crippen LogP contribution in [0, 0.1) is 6.92 Å². The second-order valence-electron chi connectivity index (χ2n) is 4.20. The topological polar surface area (TPSA) is 73.1 Å². The Kier molecular flexibility index (Phi) is 3.78. The molecule has 0 aliphatic carbocycles. The van der Waals surface area contributed by atoms with E-state index < -0.39 is 9.84 Å². The quantitative estimate of drug-likeness (QED) is 0.884. The number of nitrogens with two attached hydrogens (primary N) is 1. The standard InChI is InChI=1S/C13H13ClN2O2S/c1-9-12(15)3-2-4-13(9)19(17,18)8-10-5-6-16-7-11(10)14/h2-7H,8,15H2,1H3. The number of rotatable bonds is 3. The van der Waals surface area contributed by atoms with Gasteiger partial charge in [0, 0.05) is 18.1 Å². The third-order valence-electron chi connectivity index (χ3n) is 2.86. The number of sulfone groups is 1. The number of hydrogen-bond donors (Lipinski definition) is 1. The van der Waals surface area contributed by atoms with Crippen LogP contribution in [0.15, 0.2) is 41.6 Å². The van der Waals surface area contributed by atoms with Crippen LogP contribution in [0.25, 0.3) is 0 Å². The Morgan fingerprint density at radius 3 is 2.74 bits per heavy atom. The maximum absolute atomic E-state index is 12.4. The maximum Gasteiger partial charge on any atom is 0.182 e.